The first-order valence-electron chi connectivity index (χ1n) is 8.31. The molecular formula is C20H19N3OS2. The molecule has 26 heavy (non-hydrogen) atoms. The Balaban J connectivity index is 1.68. The van der Waals surface area contributed by atoms with Gasteiger partial charge in [-0.2, -0.15) is 0 Å². The van der Waals surface area contributed by atoms with E-state index in [1.807, 2.05) is 25.1 Å². The van der Waals surface area contributed by atoms with Gasteiger partial charge in [-0.3, -0.25) is 10.1 Å². The Kier molecular flexibility index (Phi) is 5.75. The van der Waals surface area contributed by atoms with Gasteiger partial charge in [-0.1, -0.05) is 49.4 Å². The fraction of sp³-hybridized carbons (Fsp3) is 0.150. The molecule has 0 spiro atoms. The molecule has 132 valence electrons. The summed E-state index contributed by atoms with van der Waals surface area (Å²) in [5.41, 5.74) is 3.86. The Labute approximate surface area is 162 Å². The summed E-state index contributed by atoms with van der Waals surface area (Å²) < 4.78 is 0. The molecule has 0 saturated heterocycles. The Bertz CT molecular complexity index is 918. The Morgan fingerprint density at radius 2 is 1.81 bits per heavy atom. The third-order valence-corrected chi connectivity index (χ3v) is 5.01. The minimum absolute atomic E-state index is 0.237. The van der Waals surface area contributed by atoms with Crippen molar-refractivity contribution in [1.82, 2.24) is 10.3 Å². The summed E-state index contributed by atoms with van der Waals surface area (Å²) >= 11 is 6.75. The minimum atomic E-state index is -0.244. The lowest BCUT2D eigenvalue weighted by atomic mass is 10.1. The fourth-order valence-electron chi connectivity index (χ4n) is 2.51. The van der Waals surface area contributed by atoms with Crippen LogP contribution in [0.2, 0.25) is 0 Å². The van der Waals surface area contributed by atoms with Crippen LogP contribution in [-0.4, -0.2) is 16.0 Å². The number of carbonyl (C=O) groups is 1. The zero-order chi connectivity index (χ0) is 18.5. The van der Waals surface area contributed by atoms with E-state index in [-0.39, 0.29) is 11.0 Å². The van der Waals surface area contributed by atoms with Crippen LogP contribution in [0.4, 0.5) is 5.13 Å². The van der Waals surface area contributed by atoms with E-state index in [1.54, 1.807) is 12.1 Å². The van der Waals surface area contributed by atoms with E-state index in [4.69, 9.17) is 12.2 Å². The average molecular weight is 382 g/mol. The van der Waals surface area contributed by atoms with Crippen LogP contribution >= 0.6 is 23.6 Å². The van der Waals surface area contributed by atoms with Crippen molar-refractivity contribution in [2.45, 2.75) is 20.3 Å². The maximum absolute atomic E-state index is 12.1. The van der Waals surface area contributed by atoms with Crippen LogP contribution in [0.25, 0.3) is 11.3 Å². The number of amides is 1. The molecule has 0 unspecified atom stereocenters. The van der Waals surface area contributed by atoms with Gasteiger partial charge in [0.1, 0.15) is 0 Å². The van der Waals surface area contributed by atoms with Gasteiger partial charge in [0, 0.05) is 16.0 Å². The highest BCUT2D eigenvalue weighted by Gasteiger charge is 2.12. The molecule has 0 aliphatic rings. The number of thiocarbonyl (C=S) groups is 1. The van der Waals surface area contributed by atoms with Crippen LogP contribution < -0.4 is 10.6 Å². The Morgan fingerprint density at radius 1 is 1.12 bits per heavy atom. The molecule has 0 saturated carbocycles. The second kappa shape index (κ2) is 8.21. The highest BCUT2D eigenvalue weighted by atomic mass is 32.1. The number of aromatic nitrogens is 1. The standard InChI is InChI=1S/C20H19N3OS2/c1-3-14-9-11-15(12-10-14)17-13(2)26-20(21-17)23-19(25)22-18(24)16-7-5-4-6-8-16/h4-12H,3H2,1-2H3,(H2,21,22,23,24,25). The van der Waals surface area contributed by atoms with E-state index < -0.39 is 0 Å². The van der Waals surface area contributed by atoms with Gasteiger partial charge in [-0.25, -0.2) is 4.98 Å². The normalized spacial score (nSPS) is 10.4. The summed E-state index contributed by atoms with van der Waals surface area (Å²) in [7, 11) is 0. The summed E-state index contributed by atoms with van der Waals surface area (Å²) in [4.78, 5) is 17.9. The fourth-order valence-corrected chi connectivity index (χ4v) is 3.60. The van der Waals surface area contributed by atoms with E-state index in [0.717, 1.165) is 22.6 Å². The van der Waals surface area contributed by atoms with Gasteiger partial charge >= 0.3 is 0 Å². The van der Waals surface area contributed by atoms with E-state index in [2.05, 4.69) is 46.8 Å². The topological polar surface area (TPSA) is 54.0 Å². The lowest BCUT2D eigenvalue weighted by molar-refractivity contribution is 0.0977. The largest absolute Gasteiger partial charge is 0.308 e. The third kappa shape index (κ3) is 4.33. The maximum atomic E-state index is 12.1. The van der Waals surface area contributed by atoms with Crippen molar-refractivity contribution in [3.05, 3.63) is 70.6 Å². The molecule has 0 radical (unpaired) electrons. The molecule has 3 rings (SSSR count). The second-order valence-corrected chi connectivity index (χ2v) is 7.36. The van der Waals surface area contributed by atoms with Crippen molar-refractivity contribution < 1.29 is 4.79 Å². The number of thiazole rings is 1. The third-order valence-electron chi connectivity index (χ3n) is 3.92. The summed E-state index contributed by atoms with van der Waals surface area (Å²) in [6.45, 7) is 4.16. The van der Waals surface area contributed by atoms with Gasteiger partial charge < -0.3 is 5.32 Å². The molecule has 4 nitrogen and oxygen atoms in total. The molecule has 0 aliphatic heterocycles. The first-order valence-corrected chi connectivity index (χ1v) is 9.53. The number of anilines is 1. The molecule has 2 aromatic carbocycles. The number of hydrogen-bond donors (Lipinski definition) is 2. The summed E-state index contributed by atoms with van der Waals surface area (Å²) in [6, 6.07) is 17.4. The first kappa shape index (κ1) is 18.2. The van der Waals surface area contributed by atoms with Crippen LogP contribution in [-0.2, 0) is 6.42 Å². The van der Waals surface area contributed by atoms with Gasteiger partial charge in [0.05, 0.1) is 5.69 Å². The molecule has 0 aliphatic carbocycles. The number of nitrogens with zero attached hydrogens (tertiary/aromatic N) is 1. The van der Waals surface area contributed by atoms with Gasteiger partial charge in [0.25, 0.3) is 5.91 Å². The number of aryl methyl sites for hydroxylation is 2. The van der Waals surface area contributed by atoms with Crippen LogP contribution in [0.3, 0.4) is 0 Å². The second-order valence-electron chi connectivity index (χ2n) is 5.75. The van der Waals surface area contributed by atoms with Gasteiger partial charge in [-0.05, 0) is 43.3 Å². The predicted molar refractivity (Wildman–Crippen MR) is 112 cm³/mol. The molecule has 1 aromatic heterocycles. The van der Waals surface area contributed by atoms with Crippen molar-refractivity contribution in [2.75, 3.05) is 5.32 Å². The monoisotopic (exact) mass is 381 g/mol. The Morgan fingerprint density at radius 3 is 2.46 bits per heavy atom. The number of rotatable bonds is 4. The van der Waals surface area contributed by atoms with Crippen molar-refractivity contribution in [1.29, 1.82) is 0 Å². The number of carbonyl (C=O) groups excluding carboxylic acids is 1. The van der Waals surface area contributed by atoms with Crippen molar-refractivity contribution in [3.8, 4) is 11.3 Å². The van der Waals surface area contributed by atoms with E-state index >= 15 is 0 Å². The SMILES string of the molecule is CCc1ccc(-c2nc(NC(=S)NC(=O)c3ccccc3)sc2C)cc1. The van der Waals surface area contributed by atoms with E-state index in [1.165, 1.54) is 16.9 Å². The average Bonchev–Trinajstić information content (AvgIpc) is 3.02. The van der Waals surface area contributed by atoms with Gasteiger partial charge in [0.15, 0.2) is 10.2 Å². The molecule has 0 bridgehead atoms. The quantitative estimate of drug-likeness (QED) is 0.637. The zero-order valence-corrected chi connectivity index (χ0v) is 16.2. The lowest BCUT2D eigenvalue weighted by Crippen LogP contribution is -2.34. The predicted octanol–water partition coefficient (Wildman–Crippen LogP) is 4.81. The maximum Gasteiger partial charge on any atom is 0.257 e. The highest BCUT2D eigenvalue weighted by molar-refractivity contribution is 7.80. The summed E-state index contributed by atoms with van der Waals surface area (Å²) in [6.07, 6.45) is 1.01. The summed E-state index contributed by atoms with van der Waals surface area (Å²) in [5.74, 6) is -0.244. The zero-order valence-electron chi connectivity index (χ0n) is 14.6. The molecule has 3 aromatic rings. The number of benzene rings is 2. The van der Waals surface area contributed by atoms with Crippen LogP contribution in [0.1, 0.15) is 27.7 Å². The van der Waals surface area contributed by atoms with Crippen molar-refractivity contribution in [2.24, 2.45) is 0 Å². The Hall–Kier alpha value is -2.57. The highest BCUT2D eigenvalue weighted by Crippen LogP contribution is 2.30. The van der Waals surface area contributed by atoms with Crippen LogP contribution in [0.15, 0.2) is 54.6 Å². The van der Waals surface area contributed by atoms with Gasteiger partial charge in [0.2, 0.25) is 0 Å². The van der Waals surface area contributed by atoms with Crippen LogP contribution in [0.5, 0.6) is 0 Å². The smallest absolute Gasteiger partial charge is 0.257 e. The molecule has 6 heteroatoms. The molecule has 2 N–H and O–H groups in total. The van der Waals surface area contributed by atoms with Gasteiger partial charge in [-0.15, -0.1) is 11.3 Å². The molecule has 0 fully saturated rings. The molecule has 0 atom stereocenters. The molecule has 1 amide bonds. The number of nitrogens with one attached hydrogen (secondary N) is 2. The molecule has 1 heterocycles. The number of hydrogen-bond acceptors (Lipinski definition) is 4. The molecular weight excluding hydrogens is 362 g/mol. The van der Waals surface area contributed by atoms with E-state index in [9.17, 15) is 4.79 Å². The first-order chi connectivity index (χ1) is 12.6. The van der Waals surface area contributed by atoms with Crippen LogP contribution in [0, 0.1) is 6.92 Å². The summed E-state index contributed by atoms with van der Waals surface area (Å²) in [5, 5.41) is 6.58. The van der Waals surface area contributed by atoms with Crippen molar-refractivity contribution in [3.63, 3.8) is 0 Å². The van der Waals surface area contributed by atoms with E-state index in [0.29, 0.717) is 10.7 Å². The minimum Gasteiger partial charge on any atom is -0.308 e. The van der Waals surface area contributed by atoms with Crippen molar-refractivity contribution >= 4 is 39.7 Å². The lowest BCUT2D eigenvalue weighted by Gasteiger charge is -2.07.